The highest BCUT2D eigenvalue weighted by Gasteiger charge is 2.33. The van der Waals surface area contributed by atoms with Gasteiger partial charge >= 0.3 is 0 Å². The zero-order chi connectivity index (χ0) is 19.8. The molecule has 0 saturated carbocycles. The number of nitrogens with one attached hydrogen (secondary N) is 2. The van der Waals surface area contributed by atoms with Crippen LogP contribution in [0.15, 0.2) is 42.5 Å². The molecule has 2 heterocycles. The van der Waals surface area contributed by atoms with Crippen LogP contribution in [0.2, 0.25) is 0 Å². The third-order valence-corrected chi connectivity index (χ3v) is 5.25. The van der Waals surface area contributed by atoms with Crippen molar-refractivity contribution in [3.63, 3.8) is 0 Å². The maximum Gasteiger partial charge on any atom is 0.268 e. The van der Waals surface area contributed by atoms with E-state index >= 15 is 0 Å². The van der Waals surface area contributed by atoms with E-state index in [4.69, 9.17) is 0 Å². The van der Waals surface area contributed by atoms with Gasteiger partial charge in [-0.15, -0.1) is 0 Å². The molecule has 2 amide bonds. The second kappa shape index (κ2) is 7.11. The lowest BCUT2D eigenvalue weighted by molar-refractivity contribution is -0.129. The van der Waals surface area contributed by atoms with Gasteiger partial charge in [0.25, 0.3) is 5.91 Å². The molecule has 0 radical (unpaired) electrons. The number of fused-ring (bicyclic) bond motifs is 1. The Balaban J connectivity index is 1.44. The maximum atomic E-state index is 13.6. The van der Waals surface area contributed by atoms with Gasteiger partial charge < -0.3 is 15.2 Å². The molecule has 1 atom stereocenters. The summed E-state index contributed by atoms with van der Waals surface area (Å²) in [5, 5.41) is 3.61. The quantitative estimate of drug-likeness (QED) is 0.729. The summed E-state index contributed by atoms with van der Waals surface area (Å²) in [4.78, 5) is 30.0. The highest BCUT2D eigenvalue weighted by atomic mass is 19.1. The number of likely N-dealkylation sites (tertiary alicyclic amines) is 1. The maximum absolute atomic E-state index is 13.6. The predicted octanol–water partition coefficient (Wildman–Crippen LogP) is 3.45. The summed E-state index contributed by atoms with van der Waals surface area (Å²) < 4.78 is 13.6. The second-order valence-electron chi connectivity index (χ2n) is 7.43. The van der Waals surface area contributed by atoms with Gasteiger partial charge in [0.05, 0.1) is 0 Å². The monoisotopic (exact) mass is 379 g/mol. The van der Waals surface area contributed by atoms with Crippen molar-refractivity contribution in [2.24, 2.45) is 0 Å². The highest BCUT2D eigenvalue weighted by Crippen LogP contribution is 2.22. The molecule has 1 aliphatic rings. The van der Waals surface area contributed by atoms with Crippen LogP contribution >= 0.6 is 0 Å². The number of aromatic amines is 1. The van der Waals surface area contributed by atoms with Gasteiger partial charge in [0.2, 0.25) is 5.91 Å². The van der Waals surface area contributed by atoms with Crippen LogP contribution in [-0.4, -0.2) is 34.3 Å². The fourth-order valence-corrected chi connectivity index (χ4v) is 3.68. The van der Waals surface area contributed by atoms with Crippen molar-refractivity contribution in [3.05, 3.63) is 70.7 Å². The number of H-pyrrole nitrogens is 1. The van der Waals surface area contributed by atoms with Crippen molar-refractivity contribution in [2.75, 3.05) is 6.54 Å². The first-order valence-electron chi connectivity index (χ1n) is 9.35. The number of rotatable bonds is 4. The van der Waals surface area contributed by atoms with Crippen molar-refractivity contribution in [3.8, 4) is 0 Å². The minimum Gasteiger partial charge on any atom is -0.350 e. The van der Waals surface area contributed by atoms with Crippen LogP contribution in [0.25, 0.3) is 10.9 Å². The Bertz CT molecular complexity index is 1060. The standard InChI is InChI=1S/C22H22FN3O2/c1-13-3-5-15(6-4-13)12-26-8-7-18(22(26)28)25-21(27)20-11-17-14(2)9-16(23)10-19(17)24-20/h3-6,9-11,18,24H,7-8,12H2,1-2H3,(H,25,27)/t18-/m1/s1. The molecule has 1 aromatic heterocycles. The predicted molar refractivity (Wildman–Crippen MR) is 105 cm³/mol. The van der Waals surface area contributed by atoms with E-state index in [0.29, 0.717) is 30.7 Å². The van der Waals surface area contributed by atoms with E-state index in [0.717, 1.165) is 16.5 Å². The molecule has 1 aliphatic heterocycles. The molecule has 1 fully saturated rings. The van der Waals surface area contributed by atoms with E-state index in [9.17, 15) is 14.0 Å². The number of benzene rings is 2. The van der Waals surface area contributed by atoms with Crippen molar-refractivity contribution < 1.29 is 14.0 Å². The van der Waals surface area contributed by atoms with Crippen LogP contribution in [0.4, 0.5) is 4.39 Å². The Labute approximate surface area is 162 Å². The van der Waals surface area contributed by atoms with Gasteiger partial charge in [0.1, 0.15) is 17.6 Å². The molecular formula is C22H22FN3O2. The third-order valence-electron chi connectivity index (χ3n) is 5.25. The van der Waals surface area contributed by atoms with E-state index in [-0.39, 0.29) is 17.6 Å². The lowest BCUT2D eigenvalue weighted by Gasteiger charge is -2.17. The molecule has 28 heavy (non-hydrogen) atoms. The highest BCUT2D eigenvalue weighted by molar-refractivity contribution is 6.01. The van der Waals surface area contributed by atoms with E-state index in [2.05, 4.69) is 10.3 Å². The largest absolute Gasteiger partial charge is 0.350 e. The molecule has 6 heteroatoms. The van der Waals surface area contributed by atoms with Gasteiger partial charge in [0, 0.05) is 24.0 Å². The Morgan fingerprint density at radius 2 is 1.96 bits per heavy atom. The smallest absolute Gasteiger partial charge is 0.268 e. The molecule has 5 nitrogen and oxygen atoms in total. The molecule has 1 saturated heterocycles. The van der Waals surface area contributed by atoms with Crippen molar-refractivity contribution >= 4 is 22.7 Å². The van der Waals surface area contributed by atoms with E-state index in [1.807, 2.05) is 31.2 Å². The number of nitrogens with zero attached hydrogens (tertiary/aromatic N) is 1. The summed E-state index contributed by atoms with van der Waals surface area (Å²) in [6.45, 7) is 4.96. The van der Waals surface area contributed by atoms with Crippen LogP contribution in [-0.2, 0) is 11.3 Å². The Morgan fingerprint density at radius 1 is 1.21 bits per heavy atom. The molecule has 2 N–H and O–H groups in total. The topological polar surface area (TPSA) is 65.2 Å². The lowest BCUT2D eigenvalue weighted by atomic mass is 10.1. The van der Waals surface area contributed by atoms with Crippen molar-refractivity contribution in [2.45, 2.75) is 32.9 Å². The number of hydrogen-bond acceptors (Lipinski definition) is 2. The SMILES string of the molecule is Cc1ccc(CN2CC[C@@H](NC(=O)c3cc4c(C)cc(F)cc4[nH]3)C2=O)cc1. The number of hydrogen-bond donors (Lipinski definition) is 2. The summed E-state index contributed by atoms with van der Waals surface area (Å²) in [6, 6.07) is 12.0. The summed E-state index contributed by atoms with van der Waals surface area (Å²) >= 11 is 0. The van der Waals surface area contributed by atoms with Gasteiger partial charge in [-0.25, -0.2) is 4.39 Å². The Hall–Kier alpha value is -3.15. The number of amides is 2. The van der Waals surface area contributed by atoms with Crippen LogP contribution in [0.3, 0.4) is 0 Å². The van der Waals surface area contributed by atoms with E-state index in [1.165, 1.54) is 17.7 Å². The summed E-state index contributed by atoms with van der Waals surface area (Å²) in [5.41, 5.74) is 3.90. The minimum absolute atomic E-state index is 0.0766. The molecule has 0 unspecified atom stereocenters. The first-order valence-corrected chi connectivity index (χ1v) is 9.35. The number of halogens is 1. The first kappa shape index (κ1) is 18.2. The third kappa shape index (κ3) is 3.50. The number of aryl methyl sites for hydroxylation is 2. The normalized spacial score (nSPS) is 16.8. The first-order chi connectivity index (χ1) is 13.4. The van der Waals surface area contributed by atoms with Gasteiger partial charge in [-0.3, -0.25) is 9.59 Å². The molecule has 0 bridgehead atoms. The van der Waals surface area contributed by atoms with Crippen LogP contribution in [0.1, 0.15) is 33.6 Å². The van der Waals surface area contributed by atoms with Gasteiger partial charge in [-0.2, -0.15) is 0 Å². The van der Waals surface area contributed by atoms with Gasteiger partial charge in [-0.1, -0.05) is 29.8 Å². The molecule has 0 aliphatic carbocycles. The van der Waals surface area contributed by atoms with E-state index < -0.39 is 6.04 Å². The van der Waals surface area contributed by atoms with Crippen molar-refractivity contribution in [1.82, 2.24) is 15.2 Å². The van der Waals surface area contributed by atoms with Gasteiger partial charge in [-0.05, 0) is 49.6 Å². The number of carbonyl (C=O) groups is 2. The molecule has 144 valence electrons. The average Bonchev–Trinajstić information content (AvgIpc) is 3.22. The Morgan fingerprint density at radius 3 is 2.71 bits per heavy atom. The van der Waals surface area contributed by atoms with Crippen LogP contribution < -0.4 is 5.32 Å². The zero-order valence-electron chi connectivity index (χ0n) is 15.9. The van der Waals surface area contributed by atoms with Crippen molar-refractivity contribution in [1.29, 1.82) is 0 Å². The molecule has 2 aromatic carbocycles. The summed E-state index contributed by atoms with van der Waals surface area (Å²) in [6.07, 6.45) is 0.574. The molecular weight excluding hydrogens is 357 g/mol. The molecule has 4 rings (SSSR count). The number of carbonyl (C=O) groups excluding carboxylic acids is 2. The molecule has 3 aromatic rings. The van der Waals surface area contributed by atoms with Crippen LogP contribution in [0.5, 0.6) is 0 Å². The summed E-state index contributed by atoms with van der Waals surface area (Å²) in [5.74, 6) is -0.782. The fourth-order valence-electron chi connectivity index (χ4n) is 3.68. The van der Waals surface area contributed by atoms with Gasteiger partial charge in [0.15, 0.2) is 0 Å². The fraction of sp³-hybridized carbons (Fsp3) is 0.273. The average molecular weight is 379 g/mol. The minimum atomic E-state index is -0.540. The Kier molecular flexibility index (Phi) is 4.63. The van der Waals surface area contributed by atoms with E-state index in [1.54, 1.807) is 17.9 Å². The zero-order valence-corrected chi connectivity index (χ0v) is 15.9. The molecule has 0 spiro atoms. The van der Waals surface area contributed by atoms with Crippen LogP contribution in [0, 0.1) is 19.7 Å². The second-order valence-corrected chi connectivity index (χ2v) is 7.43. The summed E-state index contributed by atoms with van der Waals surface area (Å²) in [7, 11) is 0. The lowest BCUT2D eigenvalue weighted by Crippen LogP contribution is -2.41. The number of aromatic nitrogens is 1.